The Morgan fingerprint density at radius 2 is 1.94 bits per heavy atom. The lowest BCUT2D eigenvalue weighted by molar-refractivity contribution is 0.0909. The summed E-state index contributed by atoms with van der Waals surface area (Å²) in [6.45, 7) is 2.01. The van der Waals surface area contributed by atoms with E-state index >= 15 is 0 Å². The van der Waals surface area contributed by atoms with Gasteiger partial charge < -0.3 is 5.73 Å². The molecule has 0 fully saturated rings. The number of rotatable bonds is 5. The number of carbonyl (C=O) groups is 1. The molecule has 2 N–H and O–H groups in total. The van der Waals surface area contributed by atoms with Gasteiger partial charge in [0, 0.05) is 12.5 Å². The molecular formula is C12H15F2NO. The van der Waals surface area contributed by atoms with Crippen LogP contribution in [0.4, 0.5) is 8.78 Å². The van der Waals surface area contributed by atoms with Gasteiger partial charge in [-0.05, 0) is 18.6 Å². The molecule has 0 aliphatic heterocycles. The van der Waals surface area contributed by atoms with E-state index in [9.17, 15) is 13.6 Å². The van der Waals surface area contributed by atoms with Crippen molar-refractivity contribution in [2.75, 3.05) is 6.54 Å². The number of hydrogen-bond acceptors (Lipinski definition) is 2. The molecule has 0 saturated carbocycles. The molecule has 0 saturated heterocycles. The lowest BCUT2D eigenvalue weighted by Crippen LogP contribution is -2.25. The molecule has 1 aromatic rings. The van der Waals surface area contributed by atoms with Crippen molar-refractivity contribution < 1.29 is 13.6 Å². The molecule has 0 heterocycles. The smallest absolute Gasteiger partial charge is 0.173 e. The van der Waals surface area contributed by atoms with Crippen molar-refractivity contribution in [3.05, 3.63) is 35.4 Å². The molecule has 4 heteroatoms. The summed E-state index contributed by atoms with van der Waals surface area (Å²) >= 11 is 0. The van der Waals surface area contributed by atoms with E-state index in [2.05, 4.69) is 0 Å². The van der Waals surface area contributed by atoms with E-state index < -0.39 is 28.9 Å². The van der Waals surface area contributed by atoms with Crippen LogP contribution in [0.3, 0.4) is 0 Å². The highest BCUT2D eigenvalue weighted by atomic mass is 19.1. The number of ketones is 1. The van der Waals surface area contributed by atoms with Crippen LogP contribution < -0.4 is 5.73 Å². The highest BCUT2D eigenvalue weighted by molar-refractivity contribution is 5.98. The standard InChI is InChI=1S/C12H15F2NO/c1-2-4-8(7-15)12(16)11-9(13)5-3-6-10(11)14/h3,5-6,8H,2,4,7,15H2,1H3. The molecule has 0 bridgehead atoms. The van der Waals surface area contributed by atoms with Crippen LogP contribution in [0.15, 0.2) is 18.2 Å². The van der Waals surface area contributed by atoms with Gasteiger partial charge in [0.05, 0.1) is 5.56 Å². The first-order valence-electron chi connectivity index (χ1n) is 5.30. The summed E-state index contributed by atoms with van der Waals surface area (Å²) < 4.78 is 26.7. The Morgan fingerprint density at radius 1 is 1.38 bits per heavy atom. The van der Waals surface area contributed by atoms with E-state index in [-0.39, 0.29) is 6.54 Å². The van der Waals surface area contributed by atoms with Gasteiger partial charge in [-0.25, -0.2) is 8.78 Å². The third kappa shape index (κ3) is 2.64. The fraction of sp³-hybridized carbons (Fsp3) is 0.417. The van der Waals surface area contributed by atoms with Crippen molar-refractivity contribution in [1.29, 1.82) is 0 Å². The second kappa shape index (κ2) is 5.70. The first kappa shape index (κ1) is 12.8. The summed E-state index contributed by atoms with van der Waals surface area (Å²) in [4.78, 5) is 11.8. The molecule has 0 aliphatic rings. The molecule has 0 radical (unpaired) electrons. The Kier molecular flexibility index (Phi) is 4.55. The quantitative estimate of drug-likeness (QED) is 0.785. The van der Waals surface area contributed by atoms with Gasteiger partial charge in [0.15, 0.2) is 5.78 Å². The maximum atomic E-state index is 13.3. The van der Waals surface area contributed by atoms with E-state index in [1.165, 1.54) is 6.07 Å². The fourth-order valence-electron chi connectivity index (χ4n) is 1.64. The van der Waals surface area contributed by atoms with Crippen LogP contribution in [0, 0.1) is 17.6 Å². The zero-order valence-corrected chi connectivity index (χ0v) is 9.17. The number of nitrogens with two attached hydrogens (primary N) is 1. The highest BCUT2D eigenvalue weighted by Gasteiger charge is 2.23. The third-order valence-electron chi connectivity index (χ3n) is 2.50. The number of halogens is 2. The molecule has 0 aliphatic carbocycles. The summed E-state index contributed by atoms with van der Waals surface area (Å²) in [6, 6.07) is 3.39. The van der Waals surface area contributed by atoms with E-state index in [1.54, 1.807) is 0 Å². The number of carbonyl (C=O) groups excluding carboxylic acids is 1. The molecule has 1 atom stereocenters. The average Bonchev–Trinajstić information content (AvgIpc) is 2.25. The molecule has 1 rings (SSSR count). The van der Waals surface area contributed by atoms with Gasteiger partial charge in [-0.1, -0.05) is 19.4 Å². The average molecular weight is 227 g/mol. The third-order valence-corrected chi connectivity index (χ3v) is 2.50. The molecule has 16 heavy (non-hydrogen) atoms. The summed E-state index contributed by atoms with van der Waals surface area (Å²) in [5.74, 6) is -2.68. The summed E-state index contributed by atoms with van der Waals surface area (Å²) in [5, 5.41) is 0. The van der Waals surface area contributed by atoms with Crippen LogP contribution in [0.1, 0.15) is 30.1 Å². The van der Waals surface area contributed by atoms with Crippen molar-refractivity contribution in [3.63, 3.8) is 0 Å². The predicted molar refractivity (Wildman–Crippen MR) is 58.1 cm³/mol. The van der Waals surface area contributed by atoms with Gasteiger partial charge in [-0.3, -0.25) is 4.79 Å². The Morgan fingerprint density at radius 3 is 2.38 bits per heavy atom. The predicted octanol–water partition coefficient (Wildman–Crippen LogP) is 2.52. The SMILES string of the molecule is CCCC(CN)C(=O)c1c(F)cccc1F. The van der Waals surface area contributed by atoms with E-state index in [1.807, 2.05) is 6.92 Å². The van der Waals surface area contributed by atoms with Crippen LogP contribution >= 0.6 is 0 Å². The fourth-order valence-corrected chi connectivity index (χ4v) is 1.64. The second-order valence-electron chi connectivity index (χ2n) is 3.68. The van der Waals surface area contributed by atoms with Gasteiger partial charge in [0.25, 0.3) is 0 Å². The van der Waals surface area contributed by atoms with Crippen molar-refractivity contribution >= 4 is 5.78 Å². The number of Topliss-reactive ketones (excluding diaryl/α,β-unsaturated/α-hetero) is 1. The second-order valence-corrected chi connectivity index (χ2v) is 3.68. The Balaban J connectivity index is 3.03. The first-order chi connectivity index (χ1) is 7.61. The lowest BCUT2D eigenvalue weighted by Gasteiger charge is -2.13. The zero-order valence-electron chi connectivity index (χ0n) is 9.17. The van der Waals surface area contributed by atoms with E-state index in [0.717, 1.165) is 18.6 Å². The van der Waals surface area contributed by atoms with Crippen LogP contribution in [-0.4, -0.2) is 12.3 Å². The van der Waals surface area contributed by atoms with Gasteiger partial charge in [0.2, 0.25) is 0 Å². The summed E-state index contributed by atoms with van der Waals surface area (Å²) in [5.41, 5.74) is 4.97. The molecule has 0 spiro atoms. The van der Waals surface area contributed by atoms with Gasteiger partial charge in [-0.15, -0.1) is 0 Å². The minimum atomic E-state index is -0.820. The molecule has 2 nitrogen and oxygen atoms in total. The normalized spacial score (nSPS) is 12.5. The van der Waals surface area contributed by atoms with Crippen LogP contribution in [0.2, 0.25) is 0 Å². The minimum absolute atomic E-state index is 0.112. The Labute approximate surface area is 93.5 Å². The maximum Gasteiger partial charge on any atom is 0.173 e. The Hall–Kier alpha value is -1.29. The molecule has 0 aromatic heterocycles. The van der Waals surface area contributed by atoms with Crippen LogP contribution in [0.5, 0.6) is 0 Å². The number of hydrogen-bond donors (Lipinski definition) is 1. The minimum Gasteiger partial charge on any atom is -0.330 e. The molecule has 1 aromatic carbocycles. The van der Waals surface area contributed by atoms with Crippen molar-refractivity contribution in [2.24, 2.45) is 11.7 Å². The van der Waals surface area contributed by atoms with E-state index in [4.69, 9.17) is 5.73 Å². The highest BCUT2D eigenvalue weighted by Crippen LogP contribution is 2.19. The van der Waals surface area contributed by atoms with Gasteiger partial charge >= 0.3 is 0 Å². The monoisotopic (exact) mass is 227 g/mol. The summed E-state index contributed by atoms with van der Waals surface area (Å²) in [7, 11) is 0. The van der Waals surface area contributed by atoms with E-state index in [0.29, 0.717) is 6.42 Å². The van der Waals surface area contributed by atoms with Crippen LogP contribution in [-0.2, 0) is 0 Å². The topological polar surface area (TPSA) is 43.1 Å². The van der Waals surface area contributed by atoms with Crippen molar-refractivity contribution in [1.82, 2.24) is 0 Å². The lowest BCUT2D eigenvalue weighted by atomic mass is 9.93. The van der Waals surface area contributed by atoms with Crippen molar-refractivity contribution in [3.8, 4) is 0 Å². The van der Waals surface area contributed by atoms with Gasteiger partial charge in [0.1, 0.15) is 11.6 Å². The number of benzene rings is 1. The molecule has 1 unspecified atom stereocenters. The first-order valence-corrected chi connectivity index (χ1v) is 5.30. The Bertz CT molecular complexity index is 359. The van der Waals surface area contributed by atoms with Crippen molar-refractivity contribution in [2.45, 2.75) is 19.8 Å². The largest absolute Gasteiger partial charge is 0.330 e. The molecule has 0 amide bonds. The van der Waals surface area contributed by atoms with Gasteiger partial charge in [-0.2, -0.15) is 0 Å². The summed E-state index contributed by atoms with van der Waals surface area (Å²) in [6.07, 6.45) is 1.30. The molecule has 88 valence electrons. The molecular weight excluding hydrogens is 212 g/mol. The van der Waals surface area contributed by atoms with Crippen LogP contribution in [0.25, 0.3) is 0 Å². The maximum absolute atomic E-state index is 13.3. The zero-order chi connectivity index (χ0) is 12.1.